The van der Waals surface area contributed by atoms with Crippen molar-refractivity contribution in [2.24, 2.45) is 0 Å². The third-order valence-electron chi connectivity index (χ3n) is 3.25. The topological polar surface area (TPSA) is 26.3 Å². The number of carbonyl (C=O) groups is 1. The van der Waals surface area contributed by atoms with E-state index in [4.69, 9.17) is 4.74 Å². The van der Waals surface area contributed by atoms with Crippen molar-refractivity contribution in [1.82, 2.24) is 0 Å². The van der Waals surface area contributed by atoms with Crippen LogP contribution in [-0.2, 0) is 9.53 Å². The van der Waals surface area contributed by atoms with Crippen LogP contribution in [0.25, 0.3) is 0 Å². The summed E-state index contributed by atoms with van der Waals surface area (Å²) >= 11 is 0.590. The Balaban J connectivity index is 1.85. The zero-order valence-electron chi connectivity index (χ0n) is 11.5. The van der Waals surface area contributed by atoms with Crippen LogP contribution < -0.4 is 8.92 Å². The summed E-state index contributed by atoms with van der Waals surface area (Å²) in [5.74, 6) is -0.0307. The molecular weight excluding hydrogens is 394 g/mol. The van der Waals surface area contributed by atoms with Crippen molar-refractivity contribution in [3.05, 3.63) is 60.7 Å². The Kier molecular flexibility index (Phi) is 4.82. The summed E-state index contributed by atoms with van der Waals surface area (Å²) in [6.45, 7) is 0.571. The SMILES string of the molecule is O=C1CC([Se]c2ccccc2)([Se]c2ccccc2)CCO1. The molecular formula is C17H16O2Se2. The zero-order valence-corrected chi connectivity index (χ0v) is 15.0. The third kappa shape index (κ3) is 3.99. The molecule has 0 amide bonds. The van der Waals surface area contributed by atoms with E-state index in [0.29, 0.717) is 42.9 Å². The molecule has 1 aliphatic rings. The Hall–Kier alpha value is -1.05. The van der Waals surface area contributed by atoms with E-state index in [1.807, 2.05) is 12.1 Å². The maximum absolute atomic E-state index is 11.9. The van der Waals surface area contributed by atoms with Gasteiger partial charge in [-0.3, -0.25) is 0 Å². The van der Waals surface area contributed by atoms with Crippen molar-refractivity contribution in [3.8, 4) is 0 Å². The average molecular weight is 410 g/mol. The maximum atomic E-state index is 11.9. The van der Waals surface area contributed by atoms with Gasteiger partial charge in [0.15, 0.2) is 0 Å². The van der Waals surface area contributed by atoms with Gasteiger partial charge in [0, 0.05) is 0 Å². The predicted molar refractivity (Wildman–Crippen MR) is 86.5 cm³/mol. The van der Waals surface area contributed by atoms with Crippen molar-refractivity contribution in [2.75, 3.05) is 6.61 Å². The fraction of sp³-hybridized carbons (Fsp3) is 0.235. The van der Waals surface area contributed by atoms with Crippen LogP contribution >= 0.6 is 0 Å². The summed E-state index contributed by atoms with van der Waals surface area (Å²) in [5.41, 5.74) is 0. The molecule has 4 heteroatoms. The van der Waals surface area contributed by atoms with E-state index in [-0.39, 0.29) is 9.18 Å². The molecule has 0 aliphatic carbocycles. The molecule has 0 unspecified atom stereocenters. The second-order valence-corrected chi connectivity index (χ2v) is 12.3. The van der Waals surface area contributed by atoms with Crippen LogP contribution in [0.5, 0.6) is 0 Å². The monoisotopic (exact) mass is 412 g/mol. The molecule has 1 aliphatic heterocycles. The van der Waals surface area contributed by atoms with Gasteiger partial charge in [-0.15, -0.1) is 0 Å². The molecule has 21 heavy (non-hydrogen) atoms. The van der Waals surface area contributed by atoms with Gasteiger partial charge in [0.25, 0.3) is 0 Å². The van der Waals surface area contributed by atoms with Crippen LogP contribution in [0.1, 0.15) is 12.8 Å². The number of cyclic esters (lactones) is 1. The number of rotatable bonds is 4. The predicted octanol–water partition coefficient (Wildman–Crippen LogP) is 1.50. The van der Waals surface area contributed by atoms with Crippen molar-refractivity contribution in [1.29, 1.82) is 0 Å². The van der Waals surface area contributed by atoms with Gasteiger partial charge < -0.3 is 0 Å². The summed E-state index contributed by atoms with van der Waals surface area (Å²) < 4.78 is 8.04. The van der Waals surface area contributed by atoms with Gasteiger partial charge in [0.05, 0.1) is 0 Å². The third-order valence-corrected chi connectivity index (χ3v) is 10.2. The van der Waals surface area contributed by atoms with Crippen molar-refractivity contribution in [2.45, 2.75) is 16.1 Å². The molecule has 3 rings (SSSR count). The van der Waals surface area contributed by atoms with Gasteiger partial charge in [0.2, 0.25) is 0 Å². The number of carbonyl (C=O) groups excluding carboxylic acids is 1. The molecule has 1 heterocycles. The normalized spacial score (nSPS) is 17.2. The Labute approximate surface area is 137 Å². The fourth-order valence-corrected chi connectivity index (χ4v) is 9.53. The molecule has 0 radical (unpaired) electrons. The van der Waals surface area contributed by atoms with Gasteiger partial charge in [-0.25, -0.2) is 0 Å². The number of hydrogen-bond acceptors (Lipinski definition) is 2. The Morgan fingerprint density at radius 3 is 1.86 bits per heavy atom. The van der Waals surface area contributed by atoms with Crippen molar-refractivity contribution >= 4 is 44.8 Å². The van der Waals surface area contributed by atoms with Crippen LogP contribution in [0.3, 0.4) is 0 Å². The first kappa shape index (κ1) is 14.9. The molecule has 1 saturated heterocycles. The molecule has 2 nitrogen and oxygen atoms in total. The molecule has 0 atom stereocenters. The first-order chi connectivity index (χ1) is 10.3. The van der Waals surface area contributed by atoms with E-state index >= 15 is 0 Å². The van der Waals surface area contributed by atoms with Crippen LogP contribution in [0.15, 0.2) is 60.7 Å². The fourth-order valence-electron chi connectivity index (χ4n) is 2.28. The summed E-state index contributed by atoms with van der Waals surface area (Å²) in [5, 5.41) is 0. The molecule has 2 aromatic rings. The molecule has 0 spiro atoms. The molecule has 0 N–H and O–H groups in total. The van der Waals surface area contributed by atoms with Crippen LogP contribution in [-0.4, -0.2) is 42.5 Å². The van der Waals surface area contributed by atoms with E-state index < -0.39 is 0 Å². The van der Waals surface area contributed by atoms with E-state index in [0.717, 1.165) is 6.42 Å². The van der Waals surface area contributed by atoms with E-state index in [1.54, 1.807) is 0 Å². The standard InChI is InChI=1S/C17H16O2Se2/c18-16-13-17(11-12-19-16,20-14-7-3-1-4-8-14)21-15-9-5-2-6-10-15/h1-10H,11-13H2. The summed E-state index contributed by atoms with van der Waals surface area (Å²) in [7, 11) is 0. The number of esters is 1. The molecule has 108 valence electrons. The molecule has 0 bridgehead atoms. The Morgan fingerprint density at radius 1 is 0.857 bits per heavy atom. The van der Waals surface area contributed by atoms with Crippen LogP contribution in [0.4, 0.5) is 0 Å². The van der Waals surface area contributed by atoms with Gasteiger partial charge in [-0.1, -0.05) is 0 Å². The van der Waals surface area contributed by atoms with Gasteiger partial charge >= 0.3 is 138 Å². The molecule has 0 saturated carbocycles. The van der Waals surface area contributed by atoms with E-state index in [2.05, 4.69) is 48.5 Å². The average Bonchev–Trinajstić information content (AvgIpc) is 2.49. The number of hydrogen-bond donors (Lipinski definition) is 0. The van der Waals surface area contributed by atoms with Crippen LogP contribution in [0.2, 0.25) is 3.21 Å². The number of ether oxygens (including phenoxy) is 1. The van der Waals surface area contributed by atoms with Crippen LogP contribution in [0, 0.1) is 0 Å². The van der Waals surface area contributed by atoms with Gasteiger partial charge in [-0.2, -0.15) is 0 Å². The van der Waals surface area contributed by atoms with E-state index in [1.165, 1.54) is 8.92 Å². The number of benzene rings is 2. The minimum atomic E-state index is -0.0307. The summed E-state index contributed by atoms with van der Waals surface area (Å²) in [6.07, 6.45) is 1.55. The van der Waals surface area contributed by atoms with Gasteiger partial charge in [-0.05, 0) is 0 Å². The molecule has 0 aromatic heterocycles. The van der Waals surface area contributed by atoms with Crippen molar-refractivity contribution < 1.29 is 9.53 Å². The first-order valence-electron chi connectivity index (χ1n) is 6.90. The molecule has 1 fully saturated rings. The quantitative estimate of drug-likeness (QED) is 0.564. The first-order valence-corrected chi connectivity index (χ1v) is 10.3. The second kappa shape index (κ2) is 6.81. The van der Waals surface area contributed by atoms with E-state index in [9.17, 15) is 4.79 Å². The summed E-state index contributed by atoms with van der Waals surface area (Å²) in [6, 6.07) is 21.2. The zero-order chi connectivity index (χ0) is 14.5. The summed E-state index contributed by atoms with van der Waals surface area (Å²) in [4.78, 5) is 11.9. The second-order valence-electron chi connectivity index (χ2n) is 4.89. The van der Waals surface area contributed by atoms with Gasteiger partial charge in [0.1, 0.15) is 0 Å². The Bertz CT molecular complexity index is 557. The molecule has 2 aromatic carbocycles. The Morgan fingerprint density at radius 2 is 1.38 bits per heavy atom. The minimum absolute atomic E-state index is 0.0307. The van der Waals surface area contributed by atoms with Crippen molar-refractivity contribution in [3.63, 3.8) is 0 Å².